The van der Waals surface area contributed by atoms with Crippen molar-refractivity contribution in [1.82, 2.24) is 0 Å². The van der Waals surface area contributed by atoms with E-state index in [1.807, 2.05) is 6.07 Å². The van der Waals surface area contributed by atoms with E-state index in [1.165, 1.54) is 24.5 Å². The molecule has 0 radical (unpaired) electrons. The number of halogens is 1. The van der Waals surface area contributed by atoms with Gasteiger partial charge in [-0.25, -0.2) is 0 Å². The smallest absolute Gasteiger partial charge is 0.192 e. The van der Waals surface area contributed by atoms with Crippen molar-refractivity contribution < 1.29 is 9.27 Å². The van der Waals surface area contributed by atoms with E-state index in [2.05, 4.69) is 0 Å². The number of hydrogen-bond donors (Lipinski definition) is 0. The molecule has 9 heavy (non-hydrogen) atoms. The molecule has 0 bridgehead atoms. The van der Waals surface area contributed by atoms with Gasteiger partial charge in [-0.15, -0.1) is 0 Å². The van der Waals surface area contributed by atoms with Gasteiger partial charge in [0, 0.05) is 16.9 Å². The molecular formula is C6H4FN2+. The van der Waals surface area contributed by atoms with Gasteiger partial charge < -0.3 is 0 Å². The van der Waals surface area contributed by atoms with Gasteiger partial charge in [0.25, 0.3) is 0 Å². The van der Waals surface area contributed by atoms with Crippen molar-refractivity contribution in [3.8, 4) is 6.07 Å². The molecule has 0 aliphatic heterocycles. The van der Waals surface area contributed by atoms with Crippen LogP contribution in [0.3, 0.4) is 0 Å². The summed E-state index contributed by atoms with van der Waals surface area (Å²) < 4.78 is 12.0. The Morgan fingerprint density at radius 3 is 2.44 bits per heavy atom. The van der Waals surface area contributed by atoms with Crippen LogP contribution in [0.15, 0.2) is 24.5 Å². The zero-order chi connectivity index (χ0) is 6.69. The van der Waals surface area contributed by atoms with Gasteiger partial charge in [-0.05, 0) is 0 Å². The summed E-state index contributed by atoms with van der Waals surface area (Å²) in [6.45, 7) is 0. The number of nitriles is 1. The summed E-state index contributed by atoms with van der Waals surface area (Å²) in [6, 6.07) is 4.68. The highest BCUT2D eigenvalue weighted by atomic mass is 19.2. The van der Waals surface area contributed by atoms with E-state index < -0.39 is 0 Å². The monoisotopic (exact) mass is 123 g/mol. The van der Waals surface area contributed by atoms with Crippen LogP contribution in [0.5, 0.6) is 0 Å². The first-order valence-corrected chi connectivity index (χ1v) is 2.40. The van der Waals surface area contributed by atoms with Gasteiger partial charge in [-0.3, -0.25) is 0 Å². The fourth-order valence-corrected chi connectivity index (χ4v) is 0.483. The van der Waals surface area contributed by atoms with E-state index in [0.717, 1.165) is 0 Å². The first-order chi connectivity index (χ1) is 4.33. The zero-order valence-corrected chi connectivity index (χ0v) is 4.58. The molecule has 1 heterocycles. The van der Waals surface area contributed by atoms with Crippen LogP contribution in [0.4, 0.5) is 4.48 Å². The second kappa shape index (κ2) is 2.23. The van der Waals surface area contributed by atoms with Crippen molar-refractivity contribution in [2.75, 3.05) is 0 Å². The predicted octanol–water partition coefficient (Wildman–Crippen LogP) is 0.578. The van der Waals surface area contributed by atoms with Crippen LogP contribution >= 0.6 is 0 Å². The Morgan fingerprint density at radius 1 is 1.44 bits per heavy atom. The van der Waals surface area contributed by atoms with Gasteiger partial charge in [0.05, 0.1) is 16.1 Å². The van der Waals surface area contributed by atoms with Gasteiger partial charge in [0.2, 0.25) is 12.4 Å². The topological polar surface area (TPSA) is 27.7 Å². The molecule has 0 aliphatic rings. The number of aromatic nitrogens is 1. The maximum absolute atomic E-state index is 12.0. The van der Waals surface area contributed by atoms with E-state index in [1.54, 1.807) is 0 Å². The van der Waals surface area contributed by atoms with E-state index in [-0.39, 0.29) is 0 Å². The largest absolute Gasteiger partial charge is 0.219 e. The molecule has 0 amide bonds. The predicted molar refractivity (Wildman–Crippen MR) is 27.9 cm³/mol. The summed E-state index contributed by atoms with van der Waals surface area (Å²) in [6.07, 6.45) is 2.36. The number of pyridine rings is 1. The Morgan fingerprint density at radius 2 is 2.00 bits per heavy atom. The molecule has 1 rings (SSSR count). The van der Waals surface area contributed by atoms with E-state index in [4.69, 9.17) is 5.26 Å². The molecule has 0 fully saturated rings. The molecule has 3 heteroatoms. The highest BCUT2D eigenvalue weighted by Crippen LogP contribution is 1.89. The molecule has 44 valence electrons. The molecule has 0 N–H and O–H groups in total. The first-order valence-electron chi connectivity index (χ1n) is 2.40. The summed E-state index contributed by atoms with van der Waals surface area (Å²) in [4.78, 5) is 0.390. The van der Waals surface area contributed by atoms with Gasteiger partial charge >= 0.3 is 0 Å². The standard InChI is InChI=1S/C6H4FN2/c7-9-3-1-6(5-8)2-4-9/h1-4H/q+1. The lowest BCUT2D eigenvalue weighted by molar-refractivity contribution is -0.843. The summed E-state index contributed by atoms with van der Waals surface area (Å²) in [5, 5.41) is 8.25. The van der Waals surface area contributed by atoms with Crippen LogP contribution < -0.4 is 4.79 Å². The Bertz CT molecular complexity index is 234. The minimum atomic E-state index is 0.390. The third-order valence-electron chi connectivity index (χ3n) is 0.922. The SMILES string of the molecule is N#Cc1cc[n+](F)cc1. The van der Waals surface area contributed by atoms with Crippen LogP contribution in [0.2, 0.25) is 0 Å². The first kappa shape index (κ1) is 5.70. The van der Waals surface area contributed by atoms with Crippen molar-refractivity contribution in [1.29, 1.82) is 5.26 Å². The fourth-order valence-electron chi connectivity index (χ4n) is 0.483. The molecule has 1 aromatic heterocycles. The lowest BCUT2D eigenvalue weighted by Crippen LogP contribution is -2.19. The number of hydrogen-bond acceptors (Lipinski definition) is 1. The molecule has 0 spiro atoms. The summed E-state index contributed by atoms with van der Waals surface area (Å²) in [5.41, 5.74) is 0.462. The minimum absolute atomic E-state index is 0.390. The summed E-state index contributed by atoms with van der Waals surface area (Å²) >= 11 is 0. The maximum Gasteiger partial charge on any atom is 0.219 e. The highest BCUT2D eigenvalue weighted by Gasteiger charge is 1.95. The summed E-state index contributed by atoms with van der Waals surface area (Å²) in [5.74, 6) is 0. The Balaban J connectivity index is 3.06. The third-order valence-corrected chi connectivity index (χ3v) is 0.922. The second-order valence-electron chi connectivity index (χ2n) is 1.54. The van der Waals surface area contributed by atoms with Gasteiger partial charge in [-0.2, -0.15) is 5.26 Å². The molecule has 1 aromatic rings. The quantitative estimate of drug-likeness (QED) is 0.495. The Labute approximate surface area is 51.7 Å². The minimum Gasteiger partial charge on any atom is -0.192 e. The van der Waals surface area contributed by atoms with Crippen LogP contribution in [-0.2, 0) is 0 Å². The van der Waals surface area contributed by atoms with E-state index in [0.29, 0.717) is 10.4 Å². The van der Waals surface area contributed by atoms with Gasteiger partial charge in [0.1, 0.15) is 0 Å². The molecule has 2 nitrogen and oxygen atoms in total. The van der Waals surface area contributed by atoms with E-state index >= 15 is 0 Å². The average Bonchev–Trinajstić information content (AvgIpc) is 1.90. The Kier molecular flexibility index (Phi) is 1.41. The lowest BCUT2D eigenvalue weighted by atomic mass is 10.3. The molecular weight excluding hydrogens is 119 g/mol. The number of nitrogens with zero attached hydrogens (tertiary/aromatic N) is 2. The fraction of sp³-hybridized carbons (Fsp3) is 0. The van der Waals surface area contributed by atoms with Crippen molar-refractivity contribution in [2.45, 2.75) is 0 Å². The molecule has 0 saturated carbocycles. The van der Waals surface area contributed by atoms with Gasteiger partial charge in [0.15, 0.2) is 0 Å². The molecule has 0 unspecified atom stereocenters. The van der Waals surface area contributed by atoms with Crippen molar-refractivity contribution >= 4 is 0 Å². The third kappa shape index (κ3) is 1.23. The molecule has 0 saturated heterocycles. The Hall–Kier alpha value is -1.43. The van der Waals surface area contributed by atoms with Crippen LogP contribution in [0, 0.1) is 11.3 Å². The van der Waals surface area contributed by atoms with Crippen LogP contribution in [0.25, 0.3) is 0 Å². The lowest BCUT2D eigenvalue weighted by Gasteiger charge is -1.77. The van der Waals surface area contributed by atoms with Crippen molar-refractivity contribution in [2.24, 2.45) is 0 Å². The van der Waals surface area contributed by atoms with Crippen LogP contribution in [-0.4, -0.2) is 0 Å². The molecule has 0 aliphatic carbocycles. The molecule has 0 aromatic carbocycles. The van der Waals surface area contributed by atoms with Crippen molar-refractivity contribution in [3.05, 3.63) is 30.1 Å². The number of rotatable bonds is 0. The van der Waals surface area contributed by atoms with Crippen molar-refractivity contribution in [3.63, 3.8) is 0 Å². The van der Waals surface area contributed by atoms with Gasteiger partial charge in [-0.1, -0.05) is 0 Å². The maximum atomic E-state index is 12.0. The normalized spacial score (nSPS) is 8.44. The second-order valence-corrected chi connectivity index (χ2v) is 1.54. The average molecular weight is 123 g/mol. The van der Waals surface area contributed by atoms with Crippen LogP contribution in [0.1, 0.15) is 5.56 Å². The summed E-state index contributed by atoms with van der Waals surface area (Å²) in [7, 11) is 0. The highest BCUT2D eigenvalue weighted by molar-refractivity contribution is 5.23. The van der Waals surface area contributed by atoms with E-state index in [9.17, 15) is 4.48 Å². The zero-order valence-electron chi connectivity index (χ0n) is 4.58. The molecule has 0 atom stereocenters.